The van der Waals surface area contributed by atoms with E-state index in [1.54, 1.807) is 29.2 Å². The van der Waals surface area contributed by atoms with E-state index in [0.29, 0.717) is 37.3 Å². The Bertz CT molecular complexity index is 850. The molecule has 132 valence electrons. The number of carbonyl (C=O) groups excluding carboxylic acids is 1. The summed E-state index contributed by atoms with van der Waals surface area (Å²) in [7, 11) is -3.25. The molecule has 1 aliphatic rings. The summed E-state index contributed by atoms with van der Waals surface area (Å²) in [5, 5.41) is 0. The van der Waals surface area contributed by atoms with Crippen LogP contribution in [0.4, 0.5) is 5.69 Å². The Labute approximate surface area is 148 Å². The highest BCUT2D eigenvalue weighted by Crippen LogP contribution is 2.25. The first kappa shape index (κ1) is 17.5. The molecule has 0 atom stereocenters. The van der Waals surface area contributed by atoms with Crippen LogP contribution in [0.1, 0.15) is 29.3 Å². The number of nitrogens with zero attached hydrogens (tertiary/aromatic N) is 2. The Hall–Kier alpha value is -2.34. The largest absolute Gasteiger partial charge is 0.335 e. The second-order valence-electron chi connectivity index (χ2n) is 6.10. The average Bonchev–Trinajstić information content (AvgIpc) is 2.99. The Morgan fingerprint density at radius 1 is 1.12 bits per heavy atom. The van der Waals surface area contributed by atoms with E-state index in [1.807, 2.05) is 37.3 Å². The van der Waals surface area contributed by atoms with Gasteiger partial charge >= 0.3 is 0 Å². The maximum absolute atomic E-state index is 12.9. The molecule has 1 aliphatic heterocycles. The van der Waals surface area contributed by atoms with E-state index < -0.39 is 10.0 Å². The molecule has 0 aromatic heterocycles. The molecule has 0 aliphatic carbocycles. The summed E-state index contributed by atoms with van der Waals surface area (Å²) >= 11 is 0. The molecule has 0 spiro atoms. The lowest BCUT2D eigenvalue weighted by molar-refractivity contribution is 0.0752. The molecule has 3 rings (SSSR count). The van der Waals surface area contributed by atoms with Gasteiger partial charge in [0.2, 0.25) is 10.0 Å². The second-order valence-corrected chi connectivity index (χ2v) is 8.11. The minimum absolute atomic E-state index is 0.0928. The molecule has 5 nitrogen and oxygen atoms in total. The summed E-state index contributed by atoms with van der Waals surface area (Å²) in [6, 6.07) is 16.7. The van der Waals surface area contributed by atoms with Crippen molar-refractivity contribution in [2.24, 2.45) is 0 Å². The predicted molar refractivity (Wildman–Crippen MR) is 99.0 cm³/mol. The minimum atomic E-state index is -3.25. The average molecular weight is 358 g/mol. The fourth-order valence-corrected chi connectivity index (χ4v) is 4.59. The van der Waals surface area contributed by atoms with Gasteiger partial charge in [-0.2, -0.15) is 0 Å². The minimum Gasteiger partial charge on any atom is -0.335 e. The molecule has 1 saturated heterocycles. The van der Waals surface area contributed by atoms with Crippen molar-refractivity contribution in [2.75, 3.05) is 23.1 Å². The summed E-state index contributed by atoms with van der Waals surface area (Å²) in [6.07, 6.45) is 0.621. The summed E-state index contributed by atoms with van der Waals surface area (Å²) in [4.78, 5) is 14.6. The third-order valence-corrected chi connectivity index (χ3v) is 6.24. The van der Waals surface area contributed by atoms with Gasteiger partial charge in [0, 0.05) is 25.2 Å². The van der Waals surface area contributed by atoms with Crippen molar-refractivity contribution >= 4 is 21.6 Å². The highest BCUT2D eigenvalue weighted by Gasteiger charge is 2.29. The maximum Gasteiger partial charge on any atom is 0.254 e. The van der Waals surface area contributed by atoms with Crippen LogP contribution < -0.4 is 4.31 Å². The Morgan fingerprint density at radius 3 is 2.52 bits per heavy atom. The van der Waals surface area contributed by atoms with Gasteiger partial charge < -0.3 is 4.90 Å². The van der Waals surface area contributed by atoms with Gasteiger partial charge in [0.25, 0.3) is 5.91 Å². The van der Waals surface area contributed by atoms with Crippen LogP contribution in [0.5, 0.6) is 0 Å². The van der Waals surface area contributed by atoms with Crippen LogP contribution in [0.2, 0.25) is 0 Å². The molecule has 1 fully saturated rings. The molecule has 1 heterocycles. The fourth-order valence-electron chi connectivity index (χ4n) is 3.04. The Balaban J connectivity index is 1.83. The van der Waals surface area contributed by atoms with Crippen molar-refractivity contribution < 1.29 is 13.2 Å². The fraction of sp³-hybridized carbons (Fsp3) is 0.316. The van der Waals surface area contributed by atoms with Crippen LogP contribution >= 0.6 is 0 Å². The third-order valence-electron chi connectivity index (χ3n) is 4.37. The SMILES string of the molecule is CCN(Cc1ccccc1)C(=O)c1cccc(N2CCCS2(=O)=O)c1. The quantitative estimate of drug-likeness (QED) is 0.826. The summed E-state index contributed by atoms with van der Waals surface area (Å²) < 4.78 is 25.6. The Morgan fingerprint density at radius 2 is 1.88 bits per heavy atom. The van der Waals surface area contributed by atoms with E-state index in [0.717, 1.165) is 5.56 Å². The van der Waals surface area contributed by atoms with E-state index in [2.05, 4.69) is 0 Å². The van der Waals surface area contributed by atoms with Crippen molar-refractivity contribution in [3.05, 3.63) is 65.7 Å². The molecule has 0 radical (unpaired) electrons. The van der Waals surface area contributed by atoms with E-state index in [-0.39, 0.29) is 11.7 Å². The number of carbonyl (C=O) groups is 1. The second kappa shape index (κ2) is 7.27. The lowest BCUT2D eigenvalue weighted by Gasteiger charge is -2.22. The van der Waals surface area contributed by atoms with Gasteiger partial charge in [-0.15, -0.1) is 0 Å². The van der Waals surface area contributed by atoms with Crippen molar-refractivity contribution in [2.45, 2.75) is 19.9 Å². The van der Waals surface area contributed by atoms with Gasteiger partial charge in [-0.3, -0.25) is 9.10 Å². The summed E-state index contributed by atoms with van der Waals surface area (Å²) in [5.41, 5.74) is 2.15. The van der Waals surface area contributed by atoms with Crippen LogP contribution in [0.3, 0.4) is 0 Å². The van der Waals surface area contributed by atoms with Crippen LogP contribution in [0.15, 0.2) is 54.6 Å². The van der Waals surface area contributed by atoms with Crippen LogP contribution in [0, 0.1) is 0 Å². The third kappa shape index (κ3) is 3.85. The van der Waals surface area contributed by atoms with E-state index >= 15 is 0 Å². The zero-order valence-corrected chi connectivity index (χ0v) is 15.1. The monoisotopic (exact) mass is 358 g/mol. The number of hydrogen-bond donors (Lipinski definition) is 0. The molecule has 6 heteroatoms. The van der Waals surface area contributed by atoms with Gasteiger partial charge in [0.1, 0.15) is 0 Å². The zero-order chi connectivity index (χ0) is 17.9. The first-order valence-electron chi connectivity index (χ1n) is 8.45. The highest BCUT2D eigenvalue weighted by molar-refractivity contribution is 7.93. The number of sulfonamides is 1. The molecule has 0 unspecified atom stereocenters. The molecular weight excluding hydrogens is 336 g/mol. The lowest BCUT2D eigenvalue weighted by atomic mass is 10.1. The molecule has 25 heavy (non-hydrogen) atoms. The smallest absolute Gasteiger partial charge is 0.254 e. The zero-order valence-electron chi connectivity index (χ0n) is 14.3. The molecule has 0 saturated carbocycles. The molecule has 0 N–H and O–H groups in total. The lowest BCUT2D eigenvalue weighted by Crippen LogP contribution is -2.31. The molecule has 2 aromatic rings. The van der Waals surface area contributed by atoms with Crippen molar-refractivity contribution in [1.29, 1.82) is 0 Å². The van der Waals surface area contributed by atoms with Crippen molar-refractivity contribution in [3.8, 4) is 0 Å². The summed E-state index contributed by atoms with van der Waals surface area (Å²) in [5.74, 6) is 0.0742. The maximum atomic E-state index is 12.9. The first-order chi connectivity index (χ1) is 12.0. The molecular formula is C19H22N2O3S. The van der Waals surface area contributed by atoms with Gasteiger partial charge in [-0.05, 0) is 37.1 Å². The van der Waals surface area contributed by atoms with E-state index in [1.165, 1.54) is 4.31 Å². The van der Waals surface area contributed by atoms with Gasteiger partial charge in [-0.1, -0.05) is 36.4 Å². The normalized spacial score (nSPS) is 16.0. The van der Waals surface area contributed by atoms with Gasteiger partial charge in [-0.25, -0.2) is 8.42 Å². The Kier molecular flexibility index (Phi) is 5.08. The van der Waals surface area contributed by atoms with E-state index in [9.17, 15) is 13.2 Å². The number of rotatable bonds is 5. The van der Waals surface area contributed by atoms with Crippen molar-refractivity contribution in [1.82, 2.24) is 4.90 Å². The molecule has 1 amide bonds. The topological polar surface area (TPSA) is 57.7 Å². The van der Waals surface area contributed by atoms with Gasteiger partial charge in [0.15, 0.2) is 0 Å². The molecule has 2 aromatic carbocycles. The van der Waals surface area contributed by atoms with E-state index in [4.69, 9.17) is 0 Å². The summed E-state index contributed by atoms with van der Waals surface area (Å²) in [6.45, 7) is 3.53. The van der Waals surface area contributed by atoms with Crippen molar-refractivity contribution in [3.63, 3.8) is 0 Å². The van der Waals surface area contributed by atoms with Crippen LogP contribution in [0.25, 0.3) is 0 Å². The number of hydrogen-bond acceptors (Lipinski definition) is 3. The highest BCUT2D eigenvalue weighted by atomic mass is 32.2. The van der Waals surface area contributed by atoms with Gasteiger partial charge in [0.05, 0.1) is 11.4 Å². The van der Waals surface area contributed by atoms with Crippen LogP contribution in [-0.4, -0.2) is 38.1 Å². The number of benzene rings is 2. The standard InChI is InChI=1S/C19H22N2O3S/c1-2-20(15-16-8-4-3-5-9-16)19(22)17-10-6-11-18(14-17)21-12-7-13-25(21,23)24/h3-6,8-11,14H,2,7,12-13,15H2,1H3. The number of anilines is 1. The predicted octanol–water partition coefficient (Wildman–Crippen LogP) is 2.89. The first-order valence-corrected chi connectivity index (χ1v) is 10.1. The van der Waals surface area contributed by atoms with Crippen LogP contribution in [-0.2, 0) is 16.6 Å². The number of amides is 1. The molecule has 0 bridgehead atoms.